The van der Waals surface area contributed by atoms with Crippen LogP contribution in [0.25, 0.3) is 0 Å². The van der Waals surface area contributed by atoms with Crippen LogP contribution in [-0.4, -0.2) is 17.8 Å². The summed E-state index contributed by atoms with van der Waals surface area (Å²) in [5.74, 6) is 0.813. The van der Waals surface area contributed by atoms with E-state index in [0.29, 0.717) is 6.54 Å². The van der Waals surface area contributed by atoms with Crippen LogP contribution in [0.2, 0.25) is 0 Å². The molecular formula is C15H23NO2. The van der Waals surface area contributed by atoms with Crippen molar-refractivity contribution in [1.29, 1.82) is 0 Å². The fourth-order valence-corrected chi connectivity index (χ4v) is 2.60. The number of hydrogen-bond donors (Lipinski definition) is 2. The van der Waals surface area contributed by atoms with Gasteiger partial charge in [-0.1, -0.05) is 18.6 Å². The van der Waals surface area contributed by atoms with Gasteiger partial charge in [-0.05, 0) is 44.4 Å². The second-order valence-corrected chi connectivity index (χ2v) is 5.56. The normalized spacial score (nSPS) is 19.4. The molecule has 1 aliphatic carbocycles. The van der Waals surface area contributed by atoms with E-state index in [-0.39, 0.29) is 11.5 Å². The van der Waals surface area contributed by atoms with Crippen molar-refractivity contribution in [3.63, 3.8) is 0 Å². The molecule has 0 aliphatic heterocycles. The van der Waals surface area contributed by atoms with Gasteiger partial charge in [0.2, 0.25) is 0 Å². The van der Waals surface area contributed by atoms with Gasteiger partial charge in [0.1, 0.15) is 5.75 Å². The van der Waals surface area contributed by atoms with E-state index in [0.717, 1.165) is 30.6 Å². The number of nitrogens with two attached hydrogens (primary N) is 1. The number of aliphatic hydroxyl groups excluding tert-OH is 1. The Hall–Kier alpha value is -1.06. The molecule has 0 amide bonds. The van der Waals surface area contributed by atoms with Crippen LogP contribution in [0.15, 0.2) is 24.3 Å². The molecule has 100 valence electrons. The average Bonchev–Trinajstić information content (AvgIpc) is 2.27. The molecule has 0 aromatic heterocycles. The fourth-order valence-electron chi connectivity index (χ4n) is 2.60. The van der Waals surface area contributed by atoms with Crippen molar-refractivity contribution in [2.45, 2.75) is 45.3 Å². The van der Waals surface area contributed by atoms with Gasteiger partial charge in [-0.3, -0.25) is 0 Å². The zero-order valence-corrected chi connectivity index (χ0v) is 11.2. The minimum atomic E-state index is -0.480. The van der Waals surface area contributed by atoms with Crippen LogP contribution in [0.3, 0.4) is 0 Å². The van der Waals surface area contributed by atoms with Crippen LogP contribution in [0.4, 0.5) is 0 Å². The van der Waals surface area contributed by atoms with Gasteiger partial charge < -0.3 is 15.6 Å². The minimum Gasteiger partial charge on any atom is -0.491 e. The Labute approximate surface area is 109 Å². The third-order valence-corrected chi connectivity index (χ3v) is 3.88. The summed E-state index contributed by atoms with van der Waals surface area (Å²) in [7, 11) is 0. The Morgan fingerprint density at radius 1 is 1.39 bits per heavy atom. The Bertz CT molecular complexity index is 394. The van der Waals surface area contributed by atoms with Gasteiger partial charge in [0.15, 0.2) is 0 Å². The predicted molar refractivity (Wildman–Crippen MR) is 72.5 cm³/mol. The van der Waals surface area contributed by atoms with Crippen molar-refractivity contribution in [3.05, 3.63) is 29.8 Å². The average molecular weight is 249 g/mol. The maximum atomic E-state index is 10.5. The molecule has 0 bridgehead atoms. The molecule has 2 rings (SSSR count). The van der Waals surface area contributed by atoms with Crippen LogP contribution < -0.4 is 10.5 Å². The highest BCUT2D eigenvalue weighted by Gasteiger charge is 2.42. The summed E-state index contributed by atoms with van der Waals surface area (Å²) in [6.07, 6.45) is 2.85. The van der Waals surface area contributed by atoms with E-state index >= 15 is 0 Å². The second-order valence-electron chi connectivity index (χ2n) is 5.56. The highest BCUT2D eigenvalue weighted by Crippen LogP contribution is 2.49. The summed E-state index contributed by atoms with van der Waals surface area (Å²) in [5, 5.41) is 10.5. The van der Waals surface area contributed by atoms with E-state index in [9.17, 15) is 5.11 Å². The zero-order valence-electron chi connectivity index (χ0n) is 11.2. The monoisotopic (exact) mass is 249 g/mol. The van der Waals surface area contributed by atoms with Gasteiger partial charge in [-0.25, -0.2) is 0 Å². The summed E-state index contributed by atoms with van der Waals surface area (Å²) < 4.78 is 5.66. The molecule has 1 fully saturated rings. The standard InChI is InChI=1S/C15H23NO2/c1-11(2)18-13-6-3-5-12(9-13)14(17)15(10-16)7-4-8-15/h3,5-6,9,11,14,17H,4,7-8,10,16H2,1-2H3. The smallest absolute Gasteiger partial charge is 0.120 e. The van der Waals surface area contributed by atoms with Crippen molar-refractivity contribution >= 4 is 0 Å². The van der Waals surface area contributed by atoms with E-state index in [1.165, 1.54) is 0 Å². The number of ether oxygens (including phenoxy) is 1. The summed E-state index contributed by atoms with van der Waals surface area (Å²) >= 11 is 0. The zero-order chi connectivity index (χ0) is 13.2. The second kappa shape index (κ2) is 5.29. The molecule has 1 aliphatic rings. The lowest BCUT2D eigenvalue weighted by molar-refractivity contribution is -0.0298. The molecule has 1 unspecified atom stereocenters. The van der Waals surface area contributed by atoms with Crippen molar-refractivity contribution in [1.82, 2.24) is 0 Å². The highest BCUT2D eigenvalue weighted by atomic mass is 16.5. The lowest BCUT2D eigenvalue weighted by Crippen LogP contribution is -2.42. The van der Waals surface area contributed by atoms with Gasteiger partial charge >= 0.3 is 0 Å². The van der Waals surface area contributed by atoms with Crippen molar-refractivity contribution in [2.75, 3.05) is 6.54 Å². The van der Waals surface area contributed by atoms with Gasteiger partial charge in [0, 0.05) is 12.0 Å². The van der Waals surface area contributed by atoms with E-state index in [1.54, 1.807) is 0 Å². The Balaban J connectivity index is 2.17. The van der Waals surface area contributed by atoms with Crippen molar-refractivity contribution in [3.8, 4) is 5.75 Å². The third-order valence-electron chi connectivity index (χ3n) is 3.88. The Morgan fingerprint density at radius 3 is 2.61 bits per heavy atom. The van der Waals surface area contributed by atoms with Crippen LogP contribution in [0.5, 0.6) is 5.75 Å². The maximum Gasteiger partial charge on any atom is 0.120 e. The summed E-state index contributed by atoms with van der Waals surface area (Å²) in [6.45, 7) is 4.54. The fraction of sp³-hybridized carbons (Fsp3) is 0.600. The first-order valence-electron chi connectivity index (χ1n) is 6.72. The number of aliphatic hydroxyl groups is 1. The first kappa shape index (κ1) is 13.4. The first-order valence-corrected chi connectivity index (χ1v) is 6.72. The van der Waals surface area contributed by atoms with Crippen LogP contribution >= 0.6 is 0 Å². The molecule has 1 atom stereocenters. The van der Waals surface area contributed by atoms with E-state index in [4.69, 9.17) is 10.5 Å². The molecule has 3 heteroatoms. The van der Waals surface area contributed by atoms with Crippen molar-refractivity contribution < 1.29 is 9.84 Å². The lowest BCUT2D eigenvalue weighted by atomic mass is 9.63. The number of hydrogen-bond acceptors (Lipinski definition) is 3. The molecule has 1 saturated carbocycles. The van der Waals surface area contributed by atoms with Gasteiger partial charge in [-0.15, -0.1) is 0 Å². The van der Waals surface area contributed by atoms with Gasteiger partial charge in [0.05, 0.1) is 12.2 Å². The van der Waals surface area contributed by atoms with Crippen molar-refractivity contribution in [2.24, 2.45) is 11.1 Å². The third kappa shape index (κ3) is 2.52. The van der Waals surface area contributed by atoms with Crippen LogP contribution in [-0.2, 0) is 0 Å². The Kier molecular flexibility index (Phi) is 3.93. The topological polar surface area (TPSA) is 55.5 Å². The van der Waals surface area contributed by atoms with Gasteiger partial charge in [-0.2, -0.15) is 0 Å². The predicted octanol–water partition coefficient (Wildman–Crippen LogP) is 2.64. The quantitative estimate of drug-likeness (QED) is 0.843. The molecule has 0 spiro atoms. The molecule has 1 aromatic carbocycles. The first-order chi connectivity index (χ1) is 8.57. The maximum absolute atomic E-state index is 10.5. The molecule has 3 N–H and O–H groups in total. The molecule has 1 aromatic rings. The molecule has 18 heavy (non-hydrogen) atoms. The molecule has 0 saturated heterocycles. The highest BCUT2D eigenvalue weighted by molar-refractivity contribution is 5.31. The Morgan fingerprint density at radius 2 is 2.11 bits per heavy atom. The summed E-state index contributed by atoms with van der Waals surface area (Å²) in [4.78, 5) is 0. The van der Waals surface area contributed by atoms with Gasteiger partial charge in [0.25, 0.3) is 0 Å². The summed E-state index contributed by atoms with van der Waals surface area (Å²) in [5.41, 5.74) is 6.64. The SMILES string of the molecule is CC(C)Oc1cccc(C(O)C2(CN)CCC2)c1. The van der Waals surface area contributed by atoms with Crippen LogP contribution in [0.1, 0.15) is 44.8 Å². The van der Waals surface area contributed by atoms with E-state index < -0.39 is 6.10 Å². The molecular weight excluding hydrogens is 226 g/mol. The number of rotatable bonds is 5. The number of benzene rings is 1. The lowest BCUT2D eigenvalue weighted by Gasteiger charge is -2.44. The van der Waals surface area contributed by atoms with E-state index in [1.807, 2.05) is 38.1 Å². The van der Waals surface area contributed by atoms with Crippen LogP contribution in [0, 0.1) is 5.41 Å². The largest absolute Gasteiger partial charge is 0.491 e. The molecule has 0 heterocycles. The summed E-state index contributed by atoms with van der Waals surface area (Å²) in [6, 6.07) is 7.74. The molecule has 3 nitrogen and oxygen atoms in total. The van der Waals surface area contributed by atoms with E-state index in [2.05, 4.69) is 0 Å². The molecule has 0 radical (unpaired) electrons. The minimum absolute atomic E-state index is 0.115.